The van der Waals surface area contributed by atoms with Crippen LogP contribution in [0.3, 0.4) is 0 Å². The predicted octanol–water partition coefficient (Wildman–Crippen LogP) is 0.233. The Morgan fingerprint density at radius 1 is 1.37 bits per heavy atom. The van der Waals surface area contributed by atoms with Gasteiger partial charge in [-0.05, 0) is 17.7 Å². The fourth-order valence-corrected chi connectivity index (χ4v) is 1.94. The zero-order valence-electron chi connectivity index (χ0n) is 10.1. The minimum atomic E-state index is -0.354. The monoisotopic (exact) mass is 304 g/mol. The normalized spacial score (nSPS) is 18.3. The fourth-order valence-electron chi connectivity index (χ4n) is 1.75. The van der Waals surface area contributed by atoms with Crippen molar-refractivity contribution in [3.05, 3.63) is 41.2 Å². The van der Waals surface area contributed by atoms with Gasteiger partial charge in [0.2, 0.25) is 0 Å². The van der Waals surface area contributed by atoms with Crippen LogP contribution in [-0.2, 0) is 6.42 Å². The molecule has 1 aliphatic heterocycles. The molecule has 0 fully saturated rings. The van der Waals surface area contributed by atoms with Crippen LogP contribution in [0, 0.1) is 0 Å². The number of ether oxygens (including phenoxy) is 1. The number of hydrogen-bond acceptors (Lipinski definition) is 6. The van der Waals surface area contributed by atoms with Crippen molar-refractivity contribution in [2.75, 3.05) is 7.11 Å². The molecule has 19 heavy (non-hydrogen) atoms. The molecule has 1 aromatic carbocycles. The molecule has 0 bridgehead atoms. The van der Waals surface area contributed by atoms with Gasteiger partial charge in [-0.15, -0.1) is 0 Å². The Kier molecular flexibility index (Phi) is 6.88. The van der Waals surface area contributed by atoms with E-state index in [9.17, 15) is 0 Å². The van der Waals surface area contributed by atoms with E-state index in [1.54, 1.807) is 7.11 Å². The molecule has 2 rings (SSSR count). The van der Waals surface area contributed by atoms with E-state index in [2.05, 4.69) is 17.8 Å². The summed E-state index contributed by atoms with van der Waals surface area (Å²) in [5.74, 6) is 1.28. The standard InChI is InChI=1S/C12H16N4OS.K.H/c1-17-9-4-2-8(3-5-9)6-10-11(13)15-7-16(18)12(10)14;;/h2-5,7,12,18H,6,13-14H2,1H3;;. The van der Waals surface area contributed by atoms with Gasteiger partial charge in [-0.25, -0.2) is 4.99 Å². The van der Waals surface area contributed by atoms with E-state index in [-0.39, 0.29) is 57.6 Å². The molecule has 0 spiro atoms. The van der Waals surface area contributed by atoms with E-state index in [1.807, 2.05) is 24.3 Å². The predicted molar refractivity (Wildman–Crippen MR) is 82.4 cm³/mol. The van der Waals surface area contributed by atoms with Gasteiger partial charge in [-0.1, -0.05) is 24.9 Å². The van der Waals surface area contributed by atoms with Gasteiger partial charge in [0.25, 0.3) is 0 Å². The van der Waals surface area contributed by atoms with Gasteiger partial charge >= 0.3 is 51.4 Å². The number of nitrogens with two attached hydrogens (primary N) is 2. The number of rotatable bonds is 3. The van der Waals surface area contributed by atoms with Crippen LogP contribution in [0.2, 0.25) is 0 Å². The van der Waals surface area contributed by atoms with Gasteiger partial charge in [0.05, 0.1) is 7.11 Å². The third-order valence-electron chi connectivity index (χ3n) is 2.84. The molecule has 0 radical (unpaired) electrons. The molecule has 0 saturated heterocycles. The van der Waals surface area contributed by atoms with Gasteiger partial charge < -0.3 is 16.2 Å². The Bertz CT molecular complexity index is 489. The van der Waals surface area contributed by atoms with Crippen molar-refractivity contribution in [2.24, 2.45) is 16.5 Å². The van der Waals surface area contributed by atoms with E-state index in [0.29, 0.717) is 12.2 Å². The first-order chi connectivity index (χ1) is 8.61. The summed E-state index contributed by atoms with van der Waals surface area (Å²) in [6.07, 6.45) is 1.80. The summed E-state index contributed by atoms with van der Waals surface area (Å²) in [5, 5.41) is 0. The number of nitrogens with zero attached hydrogens (tertiary/aromatic N) is 2. The van der Waals surface area contributed by atoms with E-state index < -0.39 is 0 Å². The van der Waals surface area contributed by atoms with Gasteiger partial charge in [0, 0.05) is 12.0 Å². The van der Waals surface area contributed by atoms with Gasteiger partial charge in [0.1, 0.15) is 24.1 Å². The van der Waals surface area contributed by atoms with Crippen LogP contribution in [0.5, 0.6) is 5.75 Å². The summed E-state index contributed by atoms with van der Waals surface area (Å²) in [7, 11) is 1.64. The number of aliphatic imine (C=N–C) groups is 1. The minimum absolute atomic E-state index is 0. The van der Waals surface area contributed by atoms with Crippen LogP contribution in [0.4, 0.5) is 0 Å². The SMILES string of the molecule is COc1ccc(CC2=C(N)N=CN(S)C2N)cc1.[KH]. The van der Waals surface area contributed by atoms with E-state index in [1.165, 1.54) is 10.6 Å². The summed E-state index contributed by atoms with van der Waals surface area (Å²) in [6, 6.07) is 7.77. The van der Waals surface area contributed by atoms with E-state index in [0.717, 1.165) is 16.9 Å². The zero-order valence-corrected chi connectivity index (χ0v) is 11.0. The average Bonchev–Trinajstić information content (AvgIpc) is 2.40. The second-order valence-electron chi connectivity index (χ2n) is 4.00. The molecular formula is C12H17KN4OS. The van der Waals surface area contributed by atoms with E-state index >= 15 is 0 Å². The zero-order chi connectivity index (χ0) is 13.1. The van der Waals surface area contributed by atoms with Crippen molar-refractivity contribution in [3.8, 4) is 5.75 Å². The average molecular weight is 304 g/mol. The molecule has 1 aromatic rings. The van der Waals surface area contributed by atoms with Crippen LogP contribution >= 0.6 is 12.8 Å². The first-order valence-electron chi connectivity index (χ1n) is 5.50. The topological polar surface area (TPSA) is 76.9 Å². The molecule has 0 aliphatic carbocycles. The maximum atomic E-state index is 6.01. The summed E-state index contributed by atoms with van der Waals surface area (Å²) < 4.78 is 6.65. The molecule has 98 valence electrons. The molecular weight excluding hydrogens is 287 g/mol. The first-order valence-corrected chi connectivity index (χ1v) is 5.90. The van der Waals surface area contributed by atoms with Crippen LogP contribution < -0.4 is 16.2 Å². The molecule has 1 aliphatic rings. The van der Waals surface area contributed by atoms with Crippen molar-refractivity contribution in [1.29, 1.82) is 0 Å². The number of benzene rings is 1. The van der Waals surface area contributed by atoms with Crippen LogP contribution in [0.15, 0.2) is 40.7 Å². The molecule has 4 N–H and O–H groups in total. The third-order valence-corrected chi connectivity index (χ3v) is 3.19. The van der Waals surface area contributed by atoms with Crippen LogP contribution in [0.1, 0.15) is 5.56 Å². The Balaban J connectivity index is 0.00000180. The van der Waals surface area contributed by atoms with Crippen LogP contribution in [0.25, 0.3) is 0 Å². The second kappa shape index (κ2) is 7.68. The molecule has 1 atom stereocenters. The van der Waals surface area contributed by atoms with Crippen molar-refractivity contribution in [2.45, 2.75) is 12.6 Å². The molecule has 0 aromatic heterocycles. The second-order valence-corrected chi connectivity index (χ2v) is 4.47. The van der Waals surface area contributed by atoms with Crippen molar-refractivity contribution in [3.63, 3.8) is 0 Å². The Morgan fingerprint density at radius 3 is 2.58 bits per heavy atom. The maximum absolute atomic E-state index is 6.01. The summed E-state index contributed by atoms with van der Waals surface area (Å²) in [4.78, 5) is 4.05. The van der Waals surface area contributed by atoms with Crippen molar-refractivity contribution >= 4 is 70.5 Å². The Labute approximate surface area is 161 Å². The summed E-state index contributed by atoms with van der Waals surface area (Å²) in [5.41, 5.74) is 13.8. The van der Waals surface area contributed by atoms with Crippen LogP contribution in [-0.4, -0.2) is 75.3 Å². The Morgan fingerprint density at radius 2 is 2.00 bits per heavy atom. The molecule has 1 heterocycles. The molecule has 7 heteroatoms. The number of thiol groups is 1. The first kappa shape index (κ1) is 17.0. The van der Waals surface area contributed by atoms with Crippen molar-refractivity contribution in [1.82, 2.24) is 4.31 Å². The fraction of sp³-hybridized carbons (Fsp3) is 0.250. The van der Waals surface area contributed by atoms with Gasteiger partial charge in [-0.2, -0.15) is 0 Å². The Hall–Kier alpha value is -0.0236. The van der Waals surface area contributed by atoms with Gasteiger partial charge in [-0.3, -0.25) is 4.31 Å². The molecule has 5 nitrogen and oxygen atoms in total. The summed E-state index contributed by atoms with van der Waals surface area (Å²) in [6.45, 7) is 0. The number of hydrogen-bond donors (Lipinski definition) is 3. The van der Waals surface area contributed by atoms with Crippen molar-refractivity contribution < 1.29 is 4.74 Å². The summed E-state index contributed by atoms with van der Waals surface area (Å²) >= 11 is 4.20. The number of methoxy groups -OCH3 is 1. The molecule has 0 saturated carbocycles. The molecule has 1 unspecified atom stereocenters. The van der Waals surface area contributed by atoms with E-state index in [4.69, 9.17) is 16.2 Å². The quantitative estimate of drug-likeness (QED) is 0.552. The van der Waals surface area contributed by atoms with Gasteiger partial charge in [0.15, 0.2) is 0 Å². The third kappa shape index (κ3) is 4.22. The molecule has 0 amide bonds.